The van der Waals surface area contributed by atoms with Crippen molar-refractivity contribution >= 4 is 5.78 Å². The van der Waals surface area contributed by atoms with E-state index in [1.54, 1.807) is 12.1 Å². The second-order valence-corrected chi connectivity index (χ2v) is 10.1. The fourth-order valence-corrected chi connectivity index (χ4v) is 5.08. The molecule has 0 unspecified atom stereocenters. The second kappa shape index (κ2) is 10.7. The average molecular weight is 567 g/mol. The molecule has 40 heavy (non-hydrogen) atoms. The molecule has 5 rings (SSSR count). The lowest BCUT2D eigenvalue weighted by atomic mass is 9.87. The van der Waals surface area contributed by atoms with Crippen LogP contribution in [0.25, 0.3) is 0 Å². The summed E-state index contributed by atoms with van der Waals surface area (Å²) >= 11 is 0. The largest absolute Gasteiger partial charge is 0.508 e. The molecule has 14 nitrogen and oxygen atoms in total. The van der Waals surface area contributed by atoms with Crippen molar-refractivity contribution < 1.29 is 69.7 Å². The van der Waals surface area contributed by atoms with Gasteiger partial charge in [-0.3, -0.25) is 4.79 Å². The zero-order valence-corrected chi connectivity index (χ0v) is 20.9. The Morgan fingerprint density at radius 3 is 2.35 bits per heavy atom. The summed E-state index contributed by atoms with van der Waals surface area (Å²) in [5, 5.41) is 92.6. The van der Waals surface area contributed by atoms with Gasteiger partial charge < -0.3 is 64.9 Å². The maximum atomic E-state index is 13.1. The zero-order chi connectivity index (χ0) is 28.9. The summed E-state index contributed by atoms with van der Waals surface area (Å²) in [5.41, 5.74) is -2.11. The van der Waals surface area contributed by atoms with Gasteiger partial charge in [-0.1, -0.05) is 12.1 Å². The molecule has 0 aromatic heterocycles. The van der Waals surface area contributed by atoms with E-state index in [0.29, 0.717) is 5.56 Å². The molecule has 9 atom stereocenters. The molecule has 2 saturated heterocycles. The van der Waals surface area contributed by atoms with Crippen LogP contribution in [0.3, 0.4) is 0 Å². The summed E-state index contributed by atoms with van der Waals surface area (Å²) < 4.78 is 22.1. The molecule has 3 aliphatic rings. The standard InChI is InChI=1S/C26H30O14/c27-8-26(36)9-38-25(24(26)35)37-7-16-19(31)21(33)22(34)23(40-16)18-13(30)6-15-17(20(18)32)12(29)5-14(39-15)10-1-3-11(28)4-2-10/h1-4,6,14,16,19,21-25,27-28,30-36H,5,7-9H2/t14-,16+,19+,21-,22+,23+,24-,25-,26+/m0/s1. The minimum Gasteiger partial charge on any atom is -0.508 e. The van der Waals surface area contributed by atoms with Crippen LogP contribution in [0.5, 0.6) is 23.0 Å². The van der Waals surface area contributed by atoms with Crippen molar-refractivity contribution in [1.29, 1.82) is 0 Å². The van der Waals surface area contributed by atoms with Gasteiger partial charge >= 0.3 is 0 Å². The predicted molar refractivity (Wildman–Crippen MR) is 130 cm³/mol. The van der Waals surface area contributed by atoms with Crippen molar-refractivity contribution in [1.82, 2.24) is 0 Å². The van der Waals surface area contributed by atoms with Gasteiger partial charge in [-0.15, -0.1) is 0 Å². The third kappa shape index (κ3) is 4.87. The van der Waals surface area contributed by atoms with Crippen LogP contribution in [-0.2, 0) is 14.2 Å². The molecule has 0 bridgehead atoms. The number of carbonyl (C=O) groups excluding carboxylic acids is 1. The Morgan fingerprint density at radius 1 is 1.00 bits per heavy atom. The molecule has 2 aromatic carbocycles. The van der Waals surface area contributed by atoms with E-state index in [4.69, 9.17) is 18.9 Å². The number of rotatable bonds is 6. The first kappa shape index (κ1) is 28.5. The van der Waals surface area contributed by atoms with Crippen molar-refractivity contribution in [2.24, 2.45) is 0 Å². The van der Waals surface area contributed by atoms with E-state index in [9.17, 15) is 50.8 Å². The Bertz CT molecular complexity index is 1250. The lowest BCUT2D eigenvalue weighted by molar-refractivity contribution is -0.253. The van der Waals surface area contributed by atoms with Gasteiger partial charge in [0.2, 0.25) is 0 Å². The van der Waals surface area contributed by atoms with Gasteiger partial charge in [0.25, 0.3) is 0 Å². The molecule has 0 amide bonds. The maximum Gasteiger partial charge on any atom is 0.186 e. The zero-order valence-electron chi connectivity index (χ0n) is 20.9. The fourth-order valence-electron chi connectivity index (χ4n) is 5.08. The van der Waals surface area contributed by atoms with E-state index in [2.05, 4.69) is 0 Å². The van der Waals surface area contributed by atoms with Crippen molar-refractivity contribution in [3.63, 3.8) is 0 Å². The third-order valence-corrected chi connectivity index (χ3v) is 7.47. The van der Waals surface area contributed by atoms with E-state index in [-0.39, 0.29) is 23.5 Å². The highest BCUT2D eigenvalue weighted by Gasteiger charge is 2.51. The summed E-state index contributed by atoms with van der Waals surface area (Å²) in [5.74, 6) is -2.05. The van der Waals surface area contributed by atoms with Crippen LogP contribution in [0, 0.1) is 0 Å². The molecule has 0 spiro atoms. The number of aliphatic hydroxyl groups excluding tert-OH is 5. The number of phenols is 3. The first-order valence-corrected chi connectivity index (χ1v) is 12.5. The number of aromatic hydroxyl groups is 3. The van der Waals surface area contributed by atoms with E-state index in [0.717, 1.165) is 6.07 Å². The number of phenolic OH excluding ortho intramolecular Hbond substituents is 3. The Morgan fingerprint density at radius 2 is 1.70 bits per heavy atom. The molecular formula is C26H30O14. The minimum atomic E-state index is -1.97. The van der Waals surface area contributed by atoms with Crippen molar-refractivity contribution in [3.05, 3.63) is 47.0 Å². The number of Topliss-reactive ketones (excluding diaryl/α,β-unsaturated/α-hetero) is 1. The van der Waals surface area contributed by atoms with E-state index < -0.39 is 97.3 Å². The molecule has 2 fully saturated rings. The van der Waals surface area contributed by atoms with Crippen LogP contribution >= 0.6 is 0 Å². The Balaban J connectivity index is 1.38. The van der Waals surface area contributed by atoms with Crippen molar-refractivity contribution in [2.75, 3.05) is 19.8 Å². The van der Waals surface area contributed by atoms with Crippen LogP contribution in [-0.4, -0.2) is 114 Å². The molecule has 0 radical (unpaired) electrons. The molecule has 218 valence electrons. The minimum absolute atomic E-state index is 0.0203. The lowest BCUT2D eigenvalue weighted by Gasteiger charge is -2.41. The number of hydrogen-bond acceptors (Lipinski definition) is 14. The lowest BCUT2D eigenvalue weighted by Crippen LogP contribution is -2.56. The molecule has 14 heteroatoms. The number of fused-ring (bicyclic) bond motifs is 1. The van der Waals surface area contributed by atoms with Gasteiger partial charge in [0.1, 0.15) is 76.9 Å². The van der Waals surface area contributed by atoms with Crippen molar-refractivity contribution in [3.8, 4) is 23.0 Å². The van der Waals surface area contributed by atoms with Gasteiger partial charge in [-0.2, -0.15) is 0 Å². The van der Waals surface area contributed by atoms with Gasteiger partial charge in [-0.05, 0) is 17.7 Å². The first-order valence-electron chi connectivity index (χ1n) is 12.5. The first-order chi connectivity index (χ1) is 18.9. The van der Waals surface area contributed by atoms with Crippen LogP contribution in [0.4, 0.5) is 0 Å². The van der Waals surface area contributed by atoms with Crippen molar-refractivity contribution in [2.45, 2.75) is 61.0 Å². The third-order valence-electron chi connectivity index (χ3n) is 7.47. The highest BCUT2D eigenvalue weighted by Crippen LogP contribution is 2.49. The highest BCUT2D eigenvalue weighted by atomic mass is 16.7. The predicted octanol–water partition coefficient (Wildman–Crippen LogP) is -1.51. The van der Waals surface area contributed by atoms with Gasteiger partial charge in [0.05, 0.1) is 31.8 Å². The van der Waals surface area contributed by atoms with Gasteiger partial charge in [0.15, 0.2) is 12.1 Å². The molecule has 2 aromatic rings. The molecule has 3 aliphatic heterocycles. The van der Waals surface area contributed by atoms with Crippen LogP contribution in [0.2, 0.25) is 0 Å². The molecule has 0 aliphatic carbocycles. The molecule has 0 saturated carbocycles. The summed E-state index contributed by atoms with van der Waals surface area (Å²) in [6.07, 6.45) is -12.5. The Labute approximate surface area is 226 Å². The number of ether oxygens (including phenoxy) is 4. The molecular weight excluding hydrogens is 536 g/mol. The number of carbonyl (C=O) groups is 1. The van der Waals surface area contributed by atoms with Crippen LogP contribution in [0.1, 0.15) is 40.1 Å². The smallest absolute Gasteiger partial charge is 0.186 e. The Kier molecular flexibility index (Phi) is 7.64. The maximum absolute atomic E-state index is 13.1. The number of benzene rings is 2. The van der Waals surface area contributed by atoms with E-state index >= 15 is 0 Å². The molecule has 9 N–H and O–H groups in total. The van der Waals surface area contributed by atoms with Gasteiger partial charge in [-0.25, -0.2) is 0 Å². The summed E-state index contributed by atoms with van der Waals surface area (Å²) in [6.45, 7) is -1.79. The van der Waals surface area contributed by atoms with Crippen LogP contribution < -0.4 is 4.74 Å². The van der Waals surface area contributed by atoms with Crippen LogP contribution in [0.15, 0.2) is 30.3 Å². The highest BCUT2D eigenvalue weighted by molar-refractivity contribution is 6.03. The number of ketones is 1. The monoisotopic (exact) mass is 566 g/mol. The molecule has 3 heterocycles. The second-order valence-electron chi connectivity index (χ2n) is 10.1. The topological polar surface area (TPSA) is 236 Å². The summed E-state index contributed by atoms with van der Waals surface area (Å²) in [7, 11) is 0. The summed E-state index contributed by atoms with van der Waals surface area (Å²) in [6, 6.07) is 7.03. The van der Waals surface area contributed by atoms with E-state index in [1.165, 1.54) is 12.1 Å². The van der Waals surface area contributed by atoms with E-state index in [1.807, 2.05) is 0 Å². The number of hydrogen-bond donors (Lipinski definition) is 9. The SMILES string of the molecule is O=C1C[C@@H](c2ccc(O)cc2)Oc2cc(O)c([C@H]3O[C@H](CO[C@H]4OC[C@](O)(CO)[C@H]4O)[C@@H](O)[C@H](O)[C@H]3O)c(O)c21. The van der Waals surface area contributed by atoms with Gasteiger partial charge in [0, 0.05) is 6.07 Å². The number of aliphatic hydroxyl groups is 6. The quantitative estimate of drug-likeness (QED) is 0.193. The average Bonchev–Trinajstić information content (AvgIpc) is 3.21. The Hall–Kier alpha value is -3.05. The fraction of sp³-hybridized carbons (Fsp3) is 0.500. The summed E-state index contributed by atoms with van der Waals surface area (Å²) in [4.78, 5) is 13.1. The normalized spacial score (nSPS) is 35.8.